The van der Waals surface area contributed by atoms with Crippen LogP contribution in [0.1, 0.15) is 16.9 Å². The molecule has 0 bridgehead atoms. The molecule has 0 atom stereocenters. The summed E-state index contributed by atoms with van der Waals surface area (Å²) in [6.07, 6.45) is -1.61. The van der Waals surface area contributed by atoms with Gasteiger partial charge in [-0.3, -0.25) is 4.79 Å². The van der Waals surface area contributed by atoms with Gasteiger partial charge < -0.3 is 9.52 Å². The van der Waals surface area contributed by atoms with E-state index >= 15 is 0 Å². The van der Waals surface area contributed by atoms with Crippen LogP contribution in [0.4, 0.5) is 13.2 Å². The van der Waals surface area contributed by atoms with Crippen LogP contribution in [-0.4, -0.2) is 37.9 Å². The Morgan fingerprint density at radius 3 is 2.57 bits per heavy atom. The van der Waals surface area contributed by atoms with E-state index in [1.54, 1.807) is 13.0 Å². The maximum atomic E-state index is 12.7. The zero-order chi connectivity index (χ0) is 20.3. The van der Waals surface area contributed by atoms with Crippen LogP contribution in [0.25, 0.3) is 11.4 Å². The Labute approximate surface area is 160 Å². The average molecular weight is 410 g/mol. The lowest BCUT2D eigenvalue weighted by atomic mass is 10.1. The number of carboxylic acid groups (broad SMARTS) is 1. The van der Waals surface area contributed by atoms with Crippen LogP contribution >= 0.6 is 11.8 Å². The molecular weight excluding hydrogens is 397 g/mol. The predicted molar refractivity (Wildman–Crippen MR) is 95.3 cm³/mol. The van der Waals surface area contributed by atoms with Crippen molar-refractivity contribution in [3.63, 3.8) is 0 Å². The van der Waals surface area contributed by atoms with Gasteiger partial charge in [0.15, 0.2) is 5.82 Å². The molecule has 2 heterocycles. The number of thioether (sulfide) groups is 1. The van der Waals surface area contributed by atoms with E-state index in [1.807, 2.05) is 0 Å². The molecule has 0 amide bonds. The van der Waals surface area contributed by atoms with Crippen LogP contribution in [0.5, 0.6) is 0 Å². The van der Waals surface area contributed by atoms with E-state index < -0.39 is 17.7 Å². The van der Waals surface area contributed by atoms with Crippen molar-refractivity contribution in [2.24, 2.45) is 5.10 Å². The summed E-state index contributed by atoms with van der Waals surface area (Å²) in [5.41, 5.74) is 0.270. The summed E-state index contributed by atoms with van der Waals surface area (Å²) in [5.74, 6) is -0.402. The first-order chi connectivity index (χ1) is 13.3. The van der Waals surface area contributed by atoms with Gasteiger partial charge in [0, 0.05) is 0 Å². The SMILES string of the molecule is Cc1occc1-c1nnc(SCC(=O)O)n1/N=C\c1ccc(C(F)(F)F)cc1. The average Bonchev–Trinajstić information content (AvgIpc) is 3.23. The van der Waals surface area contributed by atoms with Gasteiger partial charge in [0.1, 0.15) is 5.76 Å². The Kier molecular flexibility index (Phi) is 5.54. The van der Waals surface area contributed by atoms with Gasteiger partial charge in [-0.2, -0.15) is 22.9 Å². The van der Waals surface area contributed by atoms with Crippen molar-refractivity contribution in [1.82, 2.24) is 14.9 Å². The number of carbonyl (C=O) groups is 1. The third-order valence-corrected chi connectivity index (χ3v) is 4.50. The van der Waals surface area contributed by atoms with Crippen LogP contribution in [0, 0.1) is 6.92 Å². The number of hydrogen-bond donors (Lipinski definition) is 1. The van der Waals surface area contributed by atoms with Crippen LogP contribution in [0.3, 0.4) is 0 Å². The highest BCUT2D eigenvalue weighted by Crippen LogP contribution is 2.29. The van der Waals surface area contributed by atoms with Crippen molar-refractivity contribution in [3.8, 4) is 11.4 Å². The second-order valence-corrected chi connectivity index (χ2v) is 6.50. The minimum Gasteiger partial charge on any atom is -0.481 e. The van der Waals surface area contributed by atoms with Crippen molar-refractivity contribution >= 4 is 23.9 Å². The van der Waals surface area contributed by atoms with Gasteiger partial charge in [-0.15, -0.1) is 10.2 Å². The molecule has 11 heteroatoms. The largest absolute Gasteiger partial charge is 0.481 e. The molecule has 0 saturated heterocycles. The van der Waals surface area contributed by atoms with Gasteiger partial charge in [0.2, 0.25) is 5.16 Å². The zero-order valence-electron chi connectivity index (χ0n) is 14.3. The zero-order valence-corrected chi connectivity index (χ0v) is 15.2. The Balaban J connectivity index is 1.94. The molecule has 0 radical (unpaired) electrons. The number of hydrogen-bond acceptors (Lipinski definition) is 6. The first-order valence-corrected chi connectivity index (χ1v) is 8.80. The molecule has 28 heavy (non-hydrogen) atoms. The van der Waals surface area contributed by atoms with Gasteiger partial charge in [-0.25, -0.2) is 0 Å². The number of benzene rings is 1. The van der Waals surface area contributed by atoms with Crippen LogP contribution in [-0.2, 0) is 11.0 Å². The highest BCUT2D eigenvalue weighted by molar-refractivity contribution is 7.99. The second kappa shape index (κ2) is 7.89. The van der Waals surface area contributed by atoms with E-state index in [9.17, 15) is 18.0 Å². The summed E-state index contributed by atoms with van der Waals surface area (Å²) in [6, 6.07) is 6.13. The number of aliphatic carboxylic acids is 1. The number of furan rings is 1. The third-order valence-electron chi connectivity index (χ3n) is 3.60. The van der Waals surface area contributed by atoms with E-state index in [1.165, 1.54) is 29.3 Å². The number of aryl methyl sites for hydroxylation is 1. The van der Waals surface area contributed by atoms with Gasteiger partial charge in [-0.05, 0) is 30.7 Å². The molecule has 0 spiro atoms. The molecule has 2 aromatic heterocycles. The fraction of sp³-hybridized carbons (Fsp3) is 0.176. The molecule has 0 aliphatic rings. The van der Waals surface area contributed by atoms with Crippen molar-refractivity contribution in [1.29, 1.82) is 0 Å². The first kappa shape index (κ1) is 19.7. The highest BCUT2D eigenvalue weighted by Gasteiger charge is 2.29. The molecule has 0 unspecified atom stereocenters. The normalized spacial score (nSPS) is 12.0. The molecule has 0 fully saturated rings. The van der Waals surface area contributed by atoms with Crippen LogP contribution < -0.4 is 0 Å². The van der Waals surface area contributed by atoms with E-state index in [0.717, 1.165) is 23.9 Å². The maximum Gasteiger partial charge on any atom is 0.416 e. The first-order valence-electron chi connectivity index (χ1n) is 7.82. The molecule has 146 valence electrons. The van der Waals surface area contributed by atoms with Crippen molar-refractivity contribution in [2.45, 2.75) is 18.3 Å². The van der Waals surface area contributed by atoms with Crippen LogP contribution in [0.15, 0.2) is 51.3 Å². The van der Waals surface area contributed by atoms with E-state index in [0.29, 0.717) is 22.7 Å². The lowest BCUT2D eigenvalue weighted by Crippen LogP contribution is -2.04. The molecule has 3 aromatic rings. The van der Waals surface area contributed by atoms with Gasteiger partial charge in [0.25, 0.3) is 0 Å². The summed E-state index contributed by atoms with van der Waals surface area (Å²) in [4.78, 5) is 10.8. The molecular formula is C17H13F3N4O3S. The summed E-state index contributed by atoms with van der Waals surface area (Å²) in [7, 11) is 0. The molecule has 3 rings (SSSR count). The van der Waals surface area contributed by atoms with Crippen molar-refractivity contribution < 1.29 is 27.5 Å². The molecule has 1 N–H and O–H groups in total. The maximum absolute atomic E-state index is 12.7. The number of halogens is 3. The highest BCUT2D eigenvalue weighted by atomic mass is 32.2. The monoisotopic (exact) mass is 410 g/mol. The Bertz CT molecular complexity index is 1010. The standard InChI is InChI=1S/C17H13F3N4O3S/c1-10-13(6-7-27-10)15-22-23-16(28-9-14(25)26)24(15)21-8-11-2-4-12(5-3-11)17(18,19)20/h2-8H,9H2,1H3,(H,25,26)/b21-8-. The topological polar surface area (TPSA) is 93.5 Å². The Hall–Kier alpha value is -3.08. The lowest BCUT2D eigenvalue weighted by molar-refractivity contribution is -0.137. The molecule has 0 aliphatic heterocycles. The second-order valence-electron chi connectivity index (χ2n) is 5.56. The number of alkyl halides is 3. The van der Waals surface area contributed by atoms with Gasteiger partial charge in [0.05, 0.1) is 29.4 Å². The van der Waals surface area contributed by atoms with Gasteiger partial charge in [-0.1, -0.05) is 23.9 Å². The molecule has 7 nitrogen and oxygen atoms in total. The molecule has 0 aliphatic carbocycles. The molecule has 1 aromatic carbocycles. The van der Waals surface area contributed by atoms with Crippen LogP contribution in [0.2, 0.25) is 0 Å². The van der Waals surface area contributed by atoms with E-state index in [2.05, 4.69) is 15.3 Å². The number of rotatable bonds is 6. The van der Waals surface area contributed by atoms with Gasteiger partial charge >= 0.3 is 12.1 Å². The fourth-order valence-electron chi connectivity index (χ4n) is 2.25. The van der Waals surface area contributed by atoms with Crippen molar-refractivity contribution in [3.05, 3.63) is 53.5 Å². The third kappa shape index (κ3) is 4.42. The molecule has 0 saturated carbocycles. The predicted octanol–water partition coefficient (Wildman–Crippen LogP) is 3.92. The minimum absolute atomic E-state index is 0.223. The quantitative estimate of drug-likeness (QED) is 0.489. The van der Waals surface area contributed by atoms with Crippen molar-refractivity contribution in [2.75, 3.05) is 5.75 Å². The Morgan fingerprint density at radius 2 is 2.00 bits per heavy atom. The smallest absolute Gasteiger partial charge is 0.416 e. The number of nitrogens with zero attached hydrogens (tertiary/aromatic N) is 4. The minimum atomic E-state index is -4.42. The number of carboxylic acids is 1. The van der Waals surface area contributed by atoms with E-state index in [4.69, 9.17) is 9.52 Å². The summed E-state index contributed by atoms with van der Waals surface area (Å²) in [5, 5.41) is 21.3. The lowest BCUT2D eigenvalue weighted by Gasteiger charge is -2.06. The Morgan fingerprint density at radius 1 is 1.29 bits per heavy atom. The summed E-state index contributed by atoms with van der Waals surface area (Å²) < 4.78 is 44.6. The fourth-order valence-corrected chi connectivity index (χ4v) is 2.86. The number of aromatic nitrogens is 3. The van der Waals surface area contributed by atoms with E-state index in [-0.39, 0.29) is 10.9 Å². The summed E-state index contributed by atoms with van der Waals surface area (Å²) in [6.45, 7) is 1.72. The summed E-state index contributed by atoms with van der Waals surface area (Å²) >= 11 is 0.917.